The van der Waals surface area contributed by atoms with Crippen LogP contribution in [0.5, 0.6) is 0 Å². The predicted molar refractivity (Wildman–Crippen MR) is 55.2 cm³/mol. The first kappa shape index (κ1) is 9.65. The van der Waals surface area contributed by atoms with Gasteiger partial charge in [-0.25, -0.2) is 4.68 Å². The Morgan fingerprint density at radius 2 is 2.29 bits per heavy atom. The molecule has 2 rings (SSSR count). The fraction of sp³-hybridized carbons (Fsp3) is 0.800. The second-order valence-corrected chi connectivity index (χ2v) is 4.98. The molecule has 4 nitrogen and oxygen atoms in total. The zero-order chi connectivity index (χ0) is 10.2. The van der Waals surface area contributed by atoms with Gasteiger partial charge in [0.05, 0.1) is 11.7 Å². The quantitative estimate of drug-likeness (QED) is 0.728. The smallest absolute Gasteiger partial charge is 0.0880 e. The zero-order valence-electron chi connectivity index (χ0n) is 9.12. The Morgan fingerprint density at radius 1 is 1.50 bits per heavy atom. The van der Waals surface area contributed by atoms with Gasteiger partial charge in [-0.3, -0.25) is 0 Å². The first-order valence-electron chi connectivity index (χ1n) is 5.20. The van der Waals surface area contributed by atoms with Crippen LogP contribution in [0.25, 0.3) is 0 Å². The number of aromatic nitrogens is 3. The van der Waals surface area contributed by atoms with Gasteiger partial charge >= 0.3 is 0 Å². The molecule has 0 saturated carbocycles. The highest BCUT2D eigenvalue weighted by atomic mass is 15.4. The van der Waals surface area contributed by atoms with Gasteiger partial charge in [0.1, 0.15) is 0 Å². The van der Waals surface area contributed by atoms with Crippen molar-refractivity contribution < 1.29 is 0 Å². The van der Waals surface area contributed by atoms with Gasteiger partial charge in [0.15, 0.2) is 0 Å². The van der Waals surface area contributed by atoms with E-state index in [2.05, 4.69) is 42.6 Å². The lowest BCUT2D eigenvalue weighted by Gasteiger charge is -2.13. The first-order valence-corrected chi connectivity index (χ1v) is 5.20. The Balaban J connectivity index is 2.17. The molecule has 1 atom stereocenters. The van der Waals surface area contributed by atoms with Gasteiger partial charge in [0, 0.05) is 18.2 Å². The lowest BCUT2D eigenvalue weighted by atomic mass is 9.93. The summed E-state index contributed by atoms with van der Waals surface area (Å²) in [7, 11) is 0. The molecular weight excluding hydrogens is 176 g/mol. The van der Waals surface area contributed by atoms with E-state index in [0.29, 0.717) is 6.04 Å². The third-order valence-electron chi connectivity index (χ3n) is 2.69. The van der Waals surface area contributed by atoms with Crippen molar-refractivity contribution in [3.63, 3.8) is 0 Å². The average molecular weight is 194 g/mol. The third kappa shape index (κ3) is 1.80. The fourth-order valence-corrected chi connectivity index (χ4v) is 1.66. The van der Waals surface area contributed by atoms with Crippen molar-refractivity contribution in [2.24, 2.45) is 0 Å². The number of hydrogen-bond donors (Lipinski definition) is 1. The van der Waals surface area contributed by atoms with Crippen LogP contribution in [0.3, 0.4) is 0 Å². The summed E-state index contributed by atoms with van der Waals surface area (Å²) in [5, 5.41) is 11.7. The van der Waals surface area contributed by atoms with Crippen molar-refractivity contribution in [3.8, 4) is 0 Å². The summed E-state index contributed by atoms with van der Waals surface area (Å²) in [4.78, 5) is 0. The van der Waals surface area contributed by atoms with Gasteiger partial charge < -0.3 is 5.32 Å². The molecule has 0 aromatic carbocycles. The molecule has 1 aliphatic heterocycles. The minimum atomic E-state index is 0.101. The van der Waals surface area contributed by atoms with Gasteiger partial charge in [0.25, 0.3) is 0 Å². The van der Waals surface area contributed by atoms with Crippen LogP contribution in [0, 0.1) is 0 Å². The Labute approximate surface area is 84.7 Å². The standard InChI is InChI=1S/C10H18N4/c1-10(2,3)9-7-14(13-12-9)8-4-5-11-6-8/h7-8,11H,4-6H2,1-3H3/t8-/m1/s1. The van der Waals surface area contributed by atoms with Crippen LogP contribution in [0.15, 0.2) is 6.20 Å². The SMILES string of the molecule is CC(C)(C)c1cn([C@@H]2CCNC2)nn1. The molecule has 1 saturated heterocycles. The molecule has 0 radical (unpaired) electrons. The molecule has 0 amide bonds. The van der Waals surface area contributed by atoms with Crippen molar-refractivity contribution in [1.82, 2.24) is 20.3 Å². The maximum atomic E-state index is 4.22. The molecule has 1 aliphatic rings. The van der Waals surface area contributed by atoms with Crippen molar-refractivity contribution >= 4 is 0 Å². The predicted octanol–water partition coefficient (Wildman–Crippen LogP) is 1.11. The van der Waals surface area contributed by atoms with Gasteiger partial charge in [0.2, 0.25) is 0 Å². The number of rotatable bonds is 1. The highest BCUT2D eigenvalue weighted by molar-refractivity contribution is 5.07. The van der Waals surface area contributed by atoms with Crippen LogP contribution in [0.1, 0.15) is 38.9 Å². The van der Waals surface area contributed by atoms with E-state index < -0.39 is 0 Å². The van der Waals surface area contributed by atoms with Gasteiger partial charge in [-0.05, 0) is 13.0 Å². The Hall–Kier alpha value is -0.900. The molecule has 1 aromatic rings. The molecule has 1 fully saturated rings. The molecule has 0 spiro atoms. The summed E-state index contributed by atoms with van der Waals surface area (Å²) < 4.78 is 2.00. The van der Waals surface area contributed by atoms with Crippen molar-refractivity contribution in [3.05, 3.63) is 11.9 Å². The van der Waals surface area contributed by atoms with Crippen LogP contribution in [-0.4, -0.2) is 28.1 Å². The molecule has 1 N–H and O–H groups in total. The normalized spacial score (nSPS) is 22.9. The molecule has 14 heavy (non-hydrogen) atoms. The molecule has 2 heterocycles. The zero-order valence-corrected chi connectivity index (χ0v) is 9.12. The molecule has 0 unspecified atom stereocenters. The summed E-state index contributed by atoms with van der Waals surface area (Å²) in [6.45, 7) is 8.60. The number of nitrogens with zero attached hydrogens (tertiary/aromatic N) is 3. The summed E-state index contributed by atoms with van der Waals surface area (Å²) in [5.74, 6) is 0. The third-order valence-corrected chi connectivity index (χ3v) is 2.69. The second kappa shape index (κ2) is 3.35. The number of nitrogens with one attached hydrogen (secondary N) is 1. The molecule has 78 valence electrons. The molecular formula is C10H18N4. The van der Waals surface area contributed by atoms with E-state index in [4.69, 9.17) is 0 Å². The molecule has 0 bridgehead atoms. The lowest BCUT2D eigenvalue weighted by Crippen LogP contribution is -2.14. The Morgan fingerprint density at radius 3 is 2.79 bits per heavy atom. The fourth-order valence-electron chi connectivity index (χ4n) is 1.66. The second-order valence-electron chi connectivity index (χ2n) is 4.98. The van der Waals surface area contributed by atoms with E-state index in [1.807, 2.05) is 4.68 Å². The van der Waals surface area contributed by atoms with Crippen molar-refractivity contribution in [1.29, 1.82) is 0 Å². The van der Waals surface area contributed by atoms with Crippen molar-refractivity contribution in [2.45, 2.75) is 38.6 Å². The summed E-state index contributed by atoms with van der Waals surface area (Å²) in [6, 6.07) is 0.499. The lowest BCUT2D eigenvalue weighted by molar-refractivity contribution is 0.476. The molecule has 1 aromatic heterocycles. The van der Waals surface area contributed by atoms with E-state index in [1.165, 1.54) is 0 Å². The highest BCUT2D eigenvalue weighted by Crippen LogP contribution is 2.21. The topological polar surface area (TPSA) is 42.7 Å². The molecule has 0 aliphatic carbocycles. The largest absolute Gasteiger partial charge is 0.315 e. The van der Waals surface area contributed by atoms with Gasteiger partial charge in [-0.2, -0.15) is 0 Å². The average Bonchev–Trinajstić information content (AvgIpc) is 2.73. The van der Waals surface area contributed by atoms with E-state index in [9.17, 15) is 0 Å². The van der Waals surface area contributed by atoms with E-state index in [1.54, 1.807) is 0 Å². The maximum Gasteiger partial charge on any atom is 0.0880 e. The monoisotopic (exact) mass is 194 g/mol. The van der Waals surface area contributed by atoms with E-state index in [-0.39, 0.29) is 5.41 Å². The summed E-state index contributed by atoms with van der Waals surface area (Å²) in [6.07, 6.45) is 3.24. The Bertz CT molecular complexity index is 304. The van der Waals surface area contributed by atoms with E-state index >= 15 is 0 Å². The minimum absolute atomic E-state index is 0.101. The van der Waals surface area contributed by atoms with Gasteiger partial charge in [-0.1, -0.05) is 26.0 Å². The Kier molecular flexibility index (Phi) is 2.31. The minimum Gasteiger partial charge on any atom is -0.315 e. The van der Waals surface area contributed by atoms with Crippen molar-refractivity contribution in [2.75, 3.05) is 13.1 Å². The van der Waals surface area contributed by atoms with E-state index in [0.717, 1.165) is 25.2 Å². The number of hydrogen-bond acceptors (Lipinski definition) is 3. The van der Waals surface area contributed by atoms with Gasteiger partial charge in [-0.15, -0.1) is 5.10 Å². The van der Waals surface area contributed by atoms with Crippen LogP contribution in [0.4, 0.5) is 0 Å². The van der Waals surface area contributed by atoms with Crippen LogP contribution in [0.2, 0.25) is 0 Å². The van der Waals surface area contributed by atoms with Crippen LogP contribution < -0.4 is 5.32 Å². The maximum absolute atomic E-state index is 4.22. The first-order chi connectivity index (χ1) is 6.57. The van der Waals surface area contributed by atoms with Crippen LogP contribution >= 0.6 is 0 Å². The summed E-state index contributed by atoms with van der Waals surface area (Å²) in [5.41, 5.74) is 1.17. The van der Waals surface area contributed by atoms with Crippen LogP contribution in [-0.2, 0) is 5.41 Å². The molecule has 4 heteroatoms. The highest BCUT2D eigenvalue weighted by Gasteiger charge is 2.22. The summed E-state index contributed by atoms with van der Waals surface area (Å²) >= 11 is 0.